The molecule has 82 valence electrons. The van der Waals surface area contributed by atoms with Gasteiger partial charge in [-0.2, -0.15) is 15.6 Å². The van der Waals surface area contributed by atoms with Crippen molar-refractivity contribution in [3.05, 3.63) is 0 Å². The minimum Gasteiger partial charge on any atom is -1.00 e. The summed E-state index contributed by atoms with van der Waals surface area (Å²) in [6, 6.07) is 0. The summed E-state index contributed by atoms with van der Waals surface area (Å²) in [7, 11) is -10.8. The molecule has 0 aromatic rings. The minimum atomic E-state index is -5.39. The Hall–Kier alpha value is 9.30. The maximum Gasteiger partial charge on any atom is 2.00 e. The number of hydrogen-bond acceptors (Lipinski definition) is 8. The van der Waals surface area contributed by atoms with Crippen molar-refractivity contribution >= 4 is 198 Å². The predicted molar refractivity (Wildman–Crippen MR) is 59.7 cm³/mol. The van der Waals surface area contributed by atoms with Crippen LogP contribution in [0.2, 0.25) is 0 Å². The molecular weight excluding hydrogens is 452 g/mol. The van der Waals surface area contributed by atoms with E-state index in [9.17, 15) is 0 Å². The summed E-state index contributed by atoms with van der Waals surface area (Å²) in [6.07, 6.45) is 0. The number of rotatable bonds is 0. The fraction of sp³-hybridized carbons (Fsp3) is 0. The minimum absolute atomic E-state index is 0. The summed E-state index contributed by atoms with van der Waals surface area (Å²) < 4.78 is 17.1. The predicted octanol–water partition coefficient (Wildman–Crippen LogP) is -15.9. The number of hydrogen-bond donors (Lipinski definition) is 0. The molecule has 0 fully saturated rings. The second-order valence-electron chi connectivity index (χ2n) is 0.894. The van der Waals surface area contributed by atoms with E-state index in [2.05, 4.69) is 0 Å². The summed E-state index contributed by atoms with van der Waals surface area (Å²) in [5.41, 5.74) is 0. The molecule has 0 rings (SSSR count). The molecule has 0 amide bonds. The zero-order valence-electron chi connectivity index (χ0n) is 20.4. The van der Waals surface area contributed by atoms with Gasteiger partial charge in [-0.25, -0.2) is 0 Å². The van der Waals surface area contributed by atoms with E-state index in [4.69, 9.17) is 38.5 Å². The molecular formula is H9Ca3Mg3Na3O8P2. The van der Waals surface area contributed by atoms with E-state index in [1.807, 2.05) is 0 Å². The smallest absolute Gasteiger partial charge is 1.00 e. The van der Waals surface area contributed by atoms with Crippen molar-refractivity contribution in [2.24, 2.45) is 0 Å². The third-order valence-electron chi connectivity index (χ3n) is 0. The van der Waals surface area contributed by atoms with E-state index in [0.29, 0.717) is 0 Å². The van der Waals surface area contributed by atoms with Crippen molar-refractivity contribution < 1.29 is 140 Å². The van der Waals surface area contributed by atoms with Crippen molar-refractivity contribution in [1.82, 2.24) is 0 Å². The molecule has 8 nitrogen and oxygen atoms in total. The van der Waals surface area contributed by atoms with Crippen LogP contribution in [0.15, 0.2) is 0 Å². The molecule has 0 bridgehead atoms. The average molecular weight is 461 g/mol. The summed E-state index contributed by atoms with van der Waals surface area (Å²) >= 11 is 0. The Morgan fingerprint density at radius 2 is 0.526 bits per heavy atom. The quantitative estimate of drug-likeness (QED) is 0.253. The van der Waals surface area contributed by atoms with Crippen molar-refractivity contribution in [1.29, 1.82) is 0 Å². The summed E-state index contributed by atoms with van der Waals surface area (Å²) in [5.74, 6) is 0. The first-order valence-corrected chi connectivity index (χ1v) is 4.38. The van der Waals surface area contributed by atoms with E-state index < -0.39 is 15.6 Å². The van der Waals surface area contributed by atoms with Gasteiger partial charge >= 0.3 is 271 Å². The maximum atomic E-state index is 8.55. The molecule has 0 aromatic heterocycles. The van der Waals surface area contributed by atoms with E-state index in [-0.39, 0.29) is 284 Å². The third kappa shape index (κ3) is 202. The molecule has 0 unspecified atom stereocenters. The Morgan fingerprint density at radius 3 is 0.526 bits per heavy atom. The molecule has 0 saturated carbocycles. The van der Waals surface area contributed by atoms with E-state index in [0.717, 1.165) is 0 Å². The van der Waals surface area contributed by atoms with Crippen LogP contribution in [-0.2, 0) is 9.13 Å². The van der Waals surface area contributed by atoms with Gasteiger partial charge in [0.1, 0.15) is 0 Å². The molecule has 0 atom stereocenters. The van der Waals surface area contributed by atoms with Gasteiger partial charge in [-0.1, -0.05) is 0 Å². The molecule has 0 aliphatic carbocycles. The van der Waals surface area contributed by atoms with Crippen LogP contribution >= 0.6 is 15.6 Å². The molecule has 0 heterocycles. The Kier molecular flexibility index (Phi) is 154. The van der Waals surface area contributed by atoms with E-state index >= 15 is 0 Å². The zero-order chi connectivity index (χ0) is 9.00. The van der Waals surface area contributed by atoms with Gasteiger partial charge in [0.15, 0.2) is 0 Å². The Bertz CT molecular complexity index is 178. The number of phosphoric acid groups is 2. The third-order valence-corrected chi connectivity index (χ3v) is 0. The Labute approximate surface area is 329 Å². The van der Waals surface area contributed by atoms with Crippen LogP contribution < -0.4 is 118 Å². The molecule has 0 aliphatic heterocycles. The first kappa shape index (κ1) is 70.5. The first-order valence-electron chi connectivity index (χ1n) is 1.46. The first-order chi connectivity index (χ1) is 4.00. The molecule has 0 N–H and O–H groups in total. The van der Waals surface area contributed by atoms with Gasteiger partial charge < -0.3 is 51.3 Å². The van der Waals surface area contributed by atoms with Crippen molar-refractivity contribution in [3.8, 4) is 0 Å². The molecule has 0 radical (unpaired) electrons. The van der Waals surface area contributed by atoms with Crippen LogP contribution in [0.4, 0.5) is 0 Å². The van der Waals surface area contributed by atoms with Crippen LogP contribution in [0.1, 0.15) is 12.8 Å². The summed E-state index contributed by atoms with van der Waals surface area (Å²) in [5, 5.41) is 0. The van der Waals surface area contributed by atoms with Crippen molar-refractivity contribution in [3.63, 3.8) is 0 Å². The monoisotopic (exact) mass is 460 g/mol. The Balaban J connectivity index is -0.00000000155. The normalized spacial score (nSPS) is 6.21. The van der Waals surface area contributed by atoms with Crippen LogP contribution in [0.5, 0.6) is 0 Å². The summed E-state index contributed by atoms with van der Waals surface area (Å²) in [4.78, 5) is 51.3. The maximum absolute atomic E-state index is 8.55. The van der Waals surface area contributed by atoms with Gasteiger partial charge in [0, 0.05) is 0 Å². The van der Waals surface area contributed by atoms with Crippen LogP contribution in [0, 0.1) is 0 Å². The topological polar surface area (TPSA) is 172 Å². The van der Waals surface area contributed by atoms with Crippen molar-refractivity contribution in [2.75, 3.05) is 0 Å². The molecule has 0 spiro atoms. The molecule has 0 aliphatic rings. The van der Waals surface area contributed by atoms with Gasteiger partial charge in [0.25, 0.3) is 0 Å². The summed E-state index contributed by atoms with van der Waals surface area (Å²) in [6.45, 7) is 0. The van der Waals surface area contributed by atoms with Gasteiger partial charge in [-0.3, -0.25) is 0 Å². The average Bonchev–Trinajstić information content (AvgIpc) is 1.12. The van der Waals surface area contributed by atoms with Crippen LogP contribution in [-0.4, -0.2) is 182 Å². The Morgan fingerprint density at radius 1 is 0.526 bits per heavy atom. The second-order valence-corrected chi connectivity index (χ2v) is 2.68. The van der Waals surface area contributed by atoms with E-state index in [1.54, 1.807) is 0 Å². The van der Waals surface area contributed by atoms with Crippen molar-refractivity contribution in [2.45, 2.75) is 0 Å². The molecule has 19 heteroatoms. The van der Waals surface area contributed by atoms with Gasteiger partial charge in [0.2, 0.25) is 0 Å². The van der Waals surface area contributed by atoms with Crippen LogP contribution in [0.25, 0.3) is 0 Å². The fourth-order valence-corrected chi connectivity index (χ4v) is 0. The van der Waals surface area contributed by atoms with Gasteiger partial charge in [-0.15, -0.1) is 0 Å². The molecule has 19 heavy (non-hydrogen) atoms. The SMILES string of the molecule is O=P([O-])([O-])[O-].O=P([O-])([O-])[O-].[Ca+2].[Ca+2].[Ca+2].[H-].[H-].[H-].[H-].[H-].[H-].[H-].[H-].[H-].[Mg+2].[Mg+2].[Mg+2].[Na+].[Na+].[Na+]. The molecule has 0 saturated heterocycles. The van der Waals surface area contributed by atoms with E-state index in [1.165, 1.54) is 0 Å². The zero-order valence-corrected chi connectivity index (χ0v) is 30.1. The van der Waals surface area contributed by atoms with Crippen LogP contribution in [0.3, 0.4) is 0 Å². The fourth-order valence-electron chi connectivity index (χ4n) is 0. The standard InChI is InChI=1S/3Ca.3Mg.3Na.2H3O4P.9H/c;;;;;;;;;2*1-5(2,3)4;;;;;;;;;/h;;;;;;;;;2*(H3,1,2,3,4);;;;;;;;;/q6*+2;3*+1;;;9*-1/p-6. The second kappa shape index (κ2) is 41.6. The van der Waals surface area contributed by atoms with Gasteiger partial charge in [0.05, 0.1) is 0 Å². The molecule has 0 aromatic carbocycles. The van der Waals surface area contributed by atoms with Gasteiger partial charge in [-0.05, 0) is 0 Å². The largest absolute Gasteiger partial charge is 2.00 e.